The van der Waals surface area contributed by atoms with Crippen LogP contribution >= 0.6 is 11.3 Å². The van der Waals surface area contributed by atoms with Crippen molar-refractivity contribution in [3.05, 3.63) is 26.6 Å². The van der Waals surface area contributed by atoms with E-state index in [4.69, 9.17) is 9.72 Å². The van der Waals surface area contributed by atoms with Gasteiger partial charge in [0.05, 0.1) is 18.5 Å². The molecule has 0 spiro atoms. The van der Waals surface area contributed by atoms with Gasteiger partial charge in [-0.15, -0.1) is 11.3 Å². The third-order valence-corrected chi connectivity index (χ3v) is 7.21. The molecule has 30 heavy (non-hydrogen) atoms. The fourth-order valence-electron chi connectivity index (χ4n) is 4.04. The molecule has 0 bridgehead atoms. The second-order valence-electron chi connectivity index (χ2n) is 8.58. The van der Waals surface area contributed by atoms with Crippen LogP contribution in [0.15, 0.2) is 4.79 Å². The lowest BCUT2D eigenvalue weighted by molar-refractivity contribution is -0.147. The molecule has 1 unspecified atom stereocenters. The third kappa shape index (κ3) is 4.78. The highest BCUT2D eigenvalue weighted by Gasteiger charge is 2.27. The van der Waals surface area contributed by atoms with Crippen LogP contribution in [0.4, 0.5) is 0 Å². The fraction of sp³-hybridized carbons (Fsp3) is 0.696. The van der Waals surface area contributed by atoms with Crippen molar-refractivity contribution in [1.82, 2.24) is 14.5 Å². The molecule has 0 radical (unpaired) electrons. The van der Waals surface area contributed by atoms with Crippen molar-refractivity contribution < 1.29 is 9.53 Å². The van der Waals surface area contributed by atoms with Crippen LogP contribution in [0.2, 0.25) is 0 Å². The van der Waals surface area contributed by atoms with Crippen LogP contribution in [0.25, 0.3) is 10.2 Å². The first kappa shape index (κ1) is 22.9. The van der Waals surface area contributed by atoms with E-state index in [-0.39, 0.29) is 11.5 Å². The van der Waals surface area contributed by atoms with E-state index < -0.39 is 6.04 Å². The van der Waals surface area contributed by atoms with Gasteiger partial charge < -0.3 is 4.74 Å². The van der Waals surface area contributed by atoms with Crippen LogP contribution in [0, 0.1) is 5.92 Å². The van der Waals surface area contributed by atoms with Gasteiger partial charge in [0.25, 0.3) is 5.56 Å². The highest BCUT2D eigenvalue weighted by atomic mass is 32.1. The number of nitrogens with zero attached hydrogens (tertiary/aromatic N) is 3. The molecule has 2 aromatic rings. The minimum absolute atomic E-state index is 0.0881. The van der Waals surface area contributed by atoms with Crippen molar-refractivity contribution in [3.8, 4) is 0 Å². The third-order valence-electron chi connectivity index (χ3n) is 6.02. The topological polar surface area (TPSA) is 64.4 Å². The zero-order valence-electron chi connectivity index (χ0n) is 19.0. The fourth-order valence-corrected chi connectivity index (χ4v) is 5.31. The number of carbonyl (C=O) groups excluding carboxylic acids is 1. The maximum Gasteiger partial charge on any atom is 0.329 e. The van der Waals surface area contributed by atoms with E-state index in [1.54, 1.807) is 22.8 Å². The van der Waals surface area contributed by atoms with Gasteiger partial charge in [-0.05, 0) is 63.6 Å². The summed E-state index contributed by atoms with van der Waals surface area (Å²) in [6.45, 7) is 12.8. The van der Waals surface area contributed by atoms with E-state index >= 15 is 0 Å². The summed E-state index contributed by atoms with van der Waals surface area (Å²) in [6.07, 6.45) is 5.03. The number of hydrogen-bond donors (Lipinski definition) is 0. The number of fused-ring (bicyclic) bond motifs is 3. The standard InChI is InChI=1S/C23H35N3O3S/c1-6-25(7-2)14-19-24-21-20(17-10-8-9-11-18(17)30-21)22(27)26(19)16(5)23(28)29-13-12-15(3)4/h15-16H,6-14H2,1-5H3. The van der Waals surface area contributed by atoms with Crippen molar-refractivity contribution in [3.63, 3.8) is 0 Å². The Morgan fingerprint density at radius 2 is 1.90 bits per heavy atom. The van der Waals surface area contributed by atoms with E-state index in [9.17, 15) is 9.59 Å². The summed E-state index contributed by atoms with van der Waals surface area (Å²) in [7, 11) is 0. The predicted octanol–water partition coefficient (Wildman–Crippen LogP) is 4.33. The Morgan fingerprint density at radius 1 is 1.20 bits per heavy atom. The van der Waals surface area contributed by atoms with E-state index in [2.05, 4.69) is 32.6 Å². The molecule has 0 N–H and O–H groups in total. The second kappa shape index (κ2) is 10.1. The van der Waals surface area contributed by atoms with Gasteiger partial charge in [0, 0.05) is 4.88 Å². The molecule has 2 heterocycles. The lowest BCUT2D eigenvalue weighted by atomic mass is 9.97. The van der Waals surface area contributed by atoms with Gasteiger partial charge in [0.1, 0.15) is 16.7 Å². The molecule has 166 valence electrons. The maximum absolute atomic E-state index is 13.7. The van der Waals surface area contributed by atoms with Crippen LogP contribution in [0.3, 0.4) is 0 Å². The van der Waals surface area contributed by atoms with E-state index in [0.29, 0.717) is 24.9 Å². The van der Waals surface area contributed by atoms with Crippen LogP contribution in [-0.2, 0) is 28.9 Å². The summed E-state index contributed by atoms with van der Waals surface area (Å²) in [5, 5.41) is 0.722. The SMILES string of the molecule is CCN(CC)Cc1nc2sc3c(c2c(=O)n1C(C)C(=O)OCCC(C)C)CCCC3. The van der Waals surface area contributed by atoms with Gasteiger partial charge in [0.15, 0.2) is 0 Å². The van der Waals surface area contributed by atoms with E-state index in [0.717, 1.165) is 54.6 Å². The molecule has 0 aromatic carbocycles. The first-order valence-corrected chi connectivity index (χ1v) is 12.1. The summed E-state index contributed by atoms with van der Waals surface area (Å²) >= 11 is 1.66. The highest BCUT2D eigenvalue weighted by Crippen LogP contribution is 2.34. The zero-order valence-corrected chi connectivity index (χ0v) is 19.8. The van der Waals surface area contributed by atoms with Gasteiger partial charge in [-0.2, -0.15) is 0 Å². The van der Waals surface area contributed by atoms with Gasteiger partial charge in [-0.25, -0.2) is 9.78 Å². The minimum atomic E-state index is -0.689. The molecule has 1 aliphatic carbocycles. The smallest absolute Gasteiger partial charge is 0.329 e. The maximum atomic E-state index is 13.7. The molecule has 3 rings (SSSR count). The largest absolute Gasteiger partial charge is 0.464 e. The molecule has 1 atom stereocenters. The molecule has 0 aliphatic heterocycles. The lowest BCUT2D eigenvalue weighted by Gasteiger charge is -2.23. The number of ether oxygens (including phenoxy) is 1. The van der Waals surface area contributed by atoms with Gasteiger partial charge in [-0.1, -0.05) is 27.7 Å². The van der Waals surface area contributed by atoms with Gasteiger partial charge >= 0.3 is 5.97 Å². The lowest BCUT2D eigenvalue weighted by Crippen LogP contribution is -2.36. The summed E-state index contributed by atoms with van der Waals surface area (Å²) in [5.41, 5.74) is 1.07. The number of carbonyl (C=O) groups is 1. The molecular formula is C23H35N3O3S. The minimum Gasteiger partial charge on any atom is -0.464 e. The summed E-state index contributed by atoms with van der Waals surface area (Å²) in [5.74, 6) is 0.760. The Balaban J connectivity index is 2.05. The molecule has 6 nitrogen and oxygen atoms in total. The molecule has 0 saturated heterocycles. The first-order valence-electron chi connectivity index (χ1n) is 11.3. The molecule has 0 saturated carbocycles. The van der Waals surface area contributed by atoms with Crippen molar-refractivity contribution in [2.45, 2.75) is 79.3 Å². The first-order chi connectivity index (χ1) is 14.4. The second-order valence-corrected chi connectivity index (χ2v) is 9.67. The quantitative estimate of drug-likeness (QED) is 0.551. The van der Waals surface area contributed by atoms with Crippen LogP contribution in [0.5, 0.6) is 0 Å². The Bertz CT molecular complexity index is 943. The van der Waals surface area contributed by atoms with Crippen LogP contribution in [-0.4, -0.2) is 40.1 Å². The number of esters is 1. The van der Waals surface area contributed by atoms with Crippen LogP contribution < -0.4 is 5.56 Å². The number of rotatable bonds is 9. The molecule has 7 heteroatoms. The van der Waals surface area contributed by atoms with E-state index in [1.807, 2.05) is 0 Å². The Hall–Kier alpha value is -1.73. The number of aryl methyl sites for hydroxylation is 2. The highest BCUT2D eigenvalue weighted by molar-refractivity contribution is 7.18. The zero-order chi connectivity index (χ0) is 21.8. The Morgan fingerprint density at radius 3 is 2.57 bits per heavy atom. The monoisotopic (exact) mass is 433 g/mol. The average Bonchev–Trinajstić information content (AvgIpc) is 3.09. The predicted molar refractivity (Wildman–Crippen MR) is 122 cm³/mol. The summed E-state index contributed by atoms with van der Waals surface area (Å²) in [4.78, 5) is 35.7. The van der Waals surface area contributed by atoms with Gasteiger partial charge in [-0.3, -0.25) is 14.3 Å². The molecule has 0 amide bonds. The summed E-state index contributed by atoms with van der Waals surface area (Å²) in [6, 6.07) is -0.689. The van der Waals surface area contributed by atoms with Gasteiger partial charge in [0.2, 0.25) is 0 Å². The molecule has 0 fully saturated rings. The number of hydrogen-bond acceptors (Lipinski definition) is 6. The molecular weight excluding hydrogens is 398 g/mol. The van der Waals surface area contributed by atoms with Crippen molar-refractivity contribution in [1.29, 1.82) is 0 Å². The van der Waals surface area contributed by atoms with Crippen LogP contribution in [0.1, 0.15) is 76.2 Å². The van der Waals surface area contributed by atoms with E-state index in [1.165, 1.54) is 11.3 Å². The van der Waals surface area contributed by atoms with Crippen molar-refractivity contribution in [2.75, 3.05) is 19.7 Å². The number of thiophene rings is 1. The molecule has 1 aliphatic rings. The Labute approximate surface area is 183 Å². The van der Waals surface area contributed by atoms with Crippen molar-refractivity contribution >= 4 is 27.5 Å². The normalized spacial score (nSPS) is 15.0. The van der Waals surface area contributed by atoms with Crippen molar-refractivity contribution in [2.24, 2.45) is 5.92 Å². The Kier molecular flexibility index (Phi) is 7.69. The average molecular weight is 434 g/mol. The molecule has 2 aromatic heterocycles. The summed E-state index contributed by atoms with van der Waals surface area (Å²) < 4.78 is 7.10. The number of aromatic nitrogens is 2.